The van der Waals surface area contributed by atoms with Gasteiger partial charge in [-0.15, -0.1) is 0 Å². The molecule has 1 aromatic carbocycles. The van der Waals surface area contributed by atoms with Crippen LogP contribution in [0.2, 0.25) is 0 Å². The fourth-order valence-corrected chi connectivity index (χ4v) is 2.56. The smallest absolute Gasteiger partial charge is 0.230 e. The van der Waals surface area contributed by atoms with E-state index in [2.05, 4.69) is 26.6 Å². The maximum Gasteiger partial charge on any atom is 0.230 e. The number of benzene rings is 1. The molecule has 1 saturated heterocycles. The first kappa shape index (κ1) is 13.6. The minimum atomic E-state index is -0.256. The summed E-state index contributed by atoms with van der Waals surface area (Å²) in [7, 11) is 0. The standard InChI is InChI=1S/C14H19BrN2O/c1-10-3-4-11(15)12(9-10)17-13(18)14(2)5-7-16-8-6-14/h3-4,9,16H,5-8H2,1-2H3,(H,17,18). The number of hydrogen-bond acceptors (Lipinski definition) is 2. The van der Waals surface area contributed by atoms with E-state index < -0.39 is 0 Å². The normalized spacial score (nSPS) is 18.4. The van der Waals surface area contributed by atoms with E-state index in [-0.39, 0.29) is 11.3 Å². The molecule has 1 aliphatic heterocycles. The average Bonchev–Trinajstić information content (AvgIpc) is 2.35. The first-order valence-corrected chi connectivity index (χ1v) is 7.09. The molecule has 1 amide bonds. The summed E-state index contributed by atoms with van der Waals surface area (Å²) in [6.45, 7) is 5.90. The number of piperidine rings is 1. The molecular weight excluding hydrogens is 292 g/mol. The zero-order valence-electron chi connectivity index (χ0n) is 10.8. The van der Waals surface area contributed by atoms with E-state index in [4.69, 9.17) is 0 Å². The van der Waals surface area contributed by atoms with Crippen LogP contribution in [-0.2, 0) is 4.79 Å². The highest BCUT2D eigenvalue weighted by Gasteiger charge is 2.34. The second-order valence-corrected chi connectivity index (χ2v) is 6.10. The predicted octanol–water partition coefficient (Wildman–Crippen LogP) is 3.09. The molecule has 2 N–H and O–H groups in total. The number of carbonyl (C=O) groups is 1. The summed E-state index contributed by atoms with van der Waals surface area (Å²) in [5, 5.41) is 6.34. The van der Waals surface area contributed by atoms with E-state index in [0.29, 0.717) is 0 Å². The number of anilines is 1. The lowest BCUT2D eigenvalue weighted by Gasteiger charge is -2.32. The Kier molecular flexibility index (Phi) is 4.07. The van der Waals surface area contributed by atoms with Gasteiger partial charge in [-0.2, -0.15) is 0 Å². The Morgan fingerprint density at radius 2 is 2.06 bits per heavy atom. The molecule has 1 aromatic rings. The van der Waals surface area contributed by atoms with E-state index in [1.54, 1.807) is 0 Å². The lowest BCUT2D eigenvalue weighted by atomic mass is 9.80. The molecule has 0 atom stereocenters. The van der Waals surface area contributed by atoms with E-state index in [9.17, 15) is 4.79 Å². The SMILES string of the molecule is Cc1ccc(Br)c(NC(=O)C2(C)CCNCC2)c1. The second kappa shape index (κ2) is 5.41. The van der Waals surface area contributed by atoms with Crippen LogP contribution in [0.5, 0.6) is 0 Å². The van der Waals surface area contributed by atoms with Crippen molar-refractivity contribution >= 4 is 27.5 Å². The second-order valence-electron chi connectivity index (χ2n) is 5.25. The molecule has 0 aromatic heterocycles. The Balaban J connectivity index is 2.13. The van der Waals surface area contributed by atoms with E-state index in [1.165, 1.54) is 0 Å². The lowest BCUT2D eigenvalue weighted by molar-refractivity contribution is -0.126. The topological polar surface area (TPSA) is 41.1 Å². The number of amides is 1. The van der Waals surface area contributed by atoms with Crippen LogP contribution in [0.15, 0.2) is 22.7 Å². The van der Waals surface area contributed by atoms with Crippen LogP contribution in [0, 0.1) is 12.3 Å². The third-order valence-corrected chi connectivity index (χ3v) is 4.32. The molecule has 98 valence electrons. The number of rotatable bonds is 2. The largest absolute Gasteiger partial charge is 0.325 e. The van der Waals surface area contributed by atoms with Crippen molar-refractivity contribution in [2.45, 2.75) is 26.7 Å². The van der Waals surface area contributed by atoms with Crippen molar-refractivity contribution in [1.29, 1.82) is 0 Å². The molecule has 0 unspecified atom stereocenters. The van der Waals surface area contributed by atoms with Gasteiger partial charge in [-0.25, -0.2) is 0 Å². The molecule has 0 spiro atoms. The summed E-state index contributed by atoms with van der Waals surface area (Å²) >= 11 is 3.47. The number of halogens is 1. The molecule has 2 rings (SSSR count). The first-order valence-electron chi connectivity index (χ1n) is 6.30. The number of hydrogen-bond donors (Lipinski definition) is 2. The summed E-state index contributed by atoms with van der Waals surface area (Å²) in [6, 6.07) is 5.98. The van der Waals surface area contributed by atoms with Crippen LogP contribution < -0.4 is 10.6 Å². The molecule has 3 nitrogen and oxygen atoms in total. The number of aryl methyl sites for hydroxylation is 1. The zero-order valence-corrected chi connectivity index (χ0v) is 12.4. The number of carbonyl (C=O) groups excluding carboxylic acids is 1. The molecule has 0 saturated carbocycles. The maximum absolute atomic E-state index is 12.4. The van der Waals surface area contributed by atoms with Crippen molar-refractivity contribution in [2.75, 3.05) is 18.4 Å². The van der Waals surface area contributed by atoms with Gasteiger partial charge in [0.1, 0.15) is 0 Å². The molecule has 4 heteroatoms. The Bertz CT molecular complexity index is 453. The summed E-state index contributed by atoms with van der Waals surface area (Å²) in [5.41, 5.74) is 1.75. The summed E-state index contributed by atoms with van der Waals surface area (Å²) < 4.78 is 0.930. The van der Waals surface area contributed by atoms with E-state index in [1.807, 2.05) is 32.0 Å². The Morgan fingerprint density at radius 3 is 2.72 bits per heavy atom. The summed E-state index contributed by atoms with van der Waals surface area (Å²) in [4.78, 5) is 12.4. The Hall–Kier alpha value is -0.870. The van der Waals surface area contributed by atoms with Gasteiger partial charge in [-0.3, -0.25) is 4.79 Å². The van der Waals surface area contributed by atoms with Crippen molar-refractivity contribution in [3.05, 3.63) is 28.2 Å². The van der Waals surface area contributed by atoms with E-state index in [0.717, 1.165) is 41.7 Å². The van der Waals surface area contributed by atoms with E-state index >= 15 is 0 Å². The highest BCUT2D eigenvalue weighted by molar-refractivity contribution is 9.10. The maximum atomic E-state index is 12.4. The van der Waals surface area contributed by atoms with Gasteiger partial charge in [-0.1, -0.05) is 13.0 Å². The predicted molar refractivity (Wildman–Crippen MR) is 77.7 cm³/mol. The van der Waals surface area contributed by atoms with Gasteiger partial charge in [0, 0.05) is 9.89 Å². The van der Waals surface area contributed by atoms with Crippen molar-refractivity contribution in [3.8, 4) is 0 Å². The molecule has 1 aliphatic rings. The van der Waals surface area contributed by atoms with Crippen LogP contribution in [0.3, 0.4) is 0 Å². The van der Waals surface area contributed by atoms with Crippen molar-refractivity contribution in [2.24, 2.45) is 5.41 Å². The Labute approximate surface area is 116 Å². The fourth-order valence-electron chi connectivity index (χ4n) is 2.21. The molecule has 0 bridgehead atoms. The van der Waals surface area contributed by atoms with Gasteiger partial charge in [0.05, 0.1) is 5.69 Å². The minimum absolute atomic E-state index is 0.121. The zero-order chi connectivity index (χ0) is 13.2. The third kappa shape index (κ3) is 2.93. The van der Waals surface area contributed by atoms with Crippen LogP contribution in [0.4, 0.5) is 5.69 Å². The van der Waals surface area contributed by atoms with Gasteiger partial charge < -0.3 is 10.6 Å². The highest BCUT2D eigenvalue weighted by atomic mass is 79.9. The van der Waals surface area contributed by atoms with Gasteiger partial charge in [0.15, 0.2) is 0 Å². The molecule has 0 aliphatic carbocycles. The molecule has 1 fully saturated rings. The molecule has 1 heterocycles. The monoisotopic (exact) mass is 310 g/mol. The van der Waals surface area contributed by atoms with Crippen LogP contribution in [-0.4, -0.2) is 19.0 Å². The average molecular weight is 311 g/mol. The lowest BCUT2D eigenvalue weighted by Crippen LogP contribution is -2.42. The first-order chi connectivity index (χ1) is 8.51. The van der Waals surface area contributed by atoms with Gasteiger partial charge >= 0.3 is 0 Å². The fraction of sp³-hybridized carbons (Fsp3) is 0.500. The van der Waals surface area contributed by atoms with Crippen molar-refractivity contribution < 1.29 is 4.79 Å². The van der Waals surface area contributed by atoms with Crippen molar-refractivity contribution in [1.82, 2.24) is 5.32 Å². The van der Waals surface area contributed by atoms with Crippen LogP contribution in [0.1, 0.15) is 25.3 Å². The van der Waals surface area contributed by atoms with Crippen molar-refractivity contribution in [3.63, 3.8) is 0 Å². The molecular formula is C14H19BrN2O. The van der Waals surface area contributed by atoms with Crippen LogP contribution in [0.25, 0.3) is 0 Å². The van der Waals surface area contributed by atoms with Gasteiger partial charge in [0.25, 0.3) is 0 Å². The summed E-state index contributed by atoms with van der Waals surface area (Å²) in [6.07, 6.45) is 1.78. The van der Waals surface area contributed by atoms with Crippen LogP contribution >= 0.6 is 15.9 Å². The highest BCUT2D eigenvalue weighted by Crippen LogP contribution is 2.31. The quantitative estimate of drug-likeness (QED) is 0.881. The van der Waals surface area contributed by atoms with Gasteiger partial charge in [0.2, 0.25) is 5.91 Å². The Morgan fingerprint density at radius 1 is 1.39 bits per heavy atom. The summed E-state index contributed by atoms with van der Waals surface area (Å²) in [5.74, 6) is 0.121. The third-order valence-electron chi connectivity index (χ3n) is 3.63. The minimum Gasteiger partial charge on any atom is -0.325 e. The molecule has 0 radical (unpaired) electrons. The molecule has 18 heavy (non-hydrogen) atoms. The van der Waals surface area contributed by atoms with Gasteiger partial charge in [-0.05, 0) is 66.5 Å². The number of nitrogens with one attached hydrogen (secondary N) is 2.